The summed E-state index contributed by atoms with van der Waals surface area (Å²) in [4.78, 5) is 24.3. The molecular weight excluding hydrogens is 367 g/mol. The van der Waals surface area contributed by atoms with E-state index in [-0.39, 0.29) is 11.7 Å². The minimum absolute atomic E-state index is 0.000997. The Balaban J connectivity index is 1.41. The van der Waals surface area contributed by atoms with E-state index in [0.717, 1.165) is 48.8 Å². The van der Waals surface area contributed by atoms with Gasteiger partial charge in [0.2, 0.25) is 5.96 Å². The Morgan fingerprint density at radius 1 is 0.966 bits per heavy atom. The van der Waals surface area contributed by atoms with Crippen molar-refractivity contribution in [1.82, 2.24) is 14.7 Å². The minimum Gasteiger partial charge on any atom is -0.314 e. The fourth-order valence-corrected chi connectivity index (χ4v) is 4.41. The summed E-state index contributed by atoms with van der Waals surface area (Å²) in [6.45, 7) is 4.21. The lowest BCUT2D eigenvalue weighted by Crippen LogP contribution is -2.53. The molecular formula is C23H23FN4O. The van der Waals surface area contributed by atoms with E-state index in [1.807, 2.05) is 24.3 Å². The molecule has 0 N–H and O–H groups in total. The largest absolute Gasteiger partial charge is 0.314 e. The van der Waals surface area contributed by atoms with Gasteiger partial charge in [-0.15, -0.1) is 0 Å². The summed E-state index contributed by atoms with van der Waals surface area (Å²) in [7, 11) is 0. The zero-order valence-corrected chi connectivity index (χ0v) is 16.2. The molecule has 3 aliphatic heterocycles. The number of fused-ring (bicyclic) bond motifs is 2. The molecule has 29 heavy (non-hydrogen) atoms. The van der Waals surface area contributed by atoms with E-state index in [0.29, 0.717) is 19.6 Å². The average Bonchev–Trinajstić information content (AvgIpc) is 3.22. The fraction of sp³-hybridized carbons (Fsp3) is 0.304. The molecule has 2 aromatic rings. The van der Waals surface area contributed by atoms with Crippen LogP contribution in [0.1, 0.15) is 17.5 Å². The standard InChI is InChI=1S/C23H23FN4O/c24-19-8-4-7-18(13-19)15-28-22(29)20-16-26(14-17-5-2-1-3-6-17)11-9-21(20)27-12-10-25-23(27)28/h1-8,13H,9-12,14-16H2. The first-order chi connectivity index (χ1) is 14.2. The van der Waals surface area contributed by atoms with Gasteiger partial charge in [-0.1, -0.05) is 42.5 Å². The zero-order chi connectivity index (χ0) is 19.8. The van der Waals surface area contributed by atoms with Crippen LogP contribution in [0.2, 0.25) is 0 Å². The van der Waals surface area contributed by atoms with Crippen LogP contribution in [0, 0.1) is 5.82 Å². The molecule has 0 aromatic heterocycles. The normalized spacial score (nSPS) is 19.3. The quantitative estimate of drug-likeness (QED) is 0.806. The Labute approximate surface area is 169 Å². The molecule has 148 valence electrons. The Hall–Kier alpha value is -2.99. The maximum absolute atomic E-state index is 13.7. The van der Waals surface area contributed by atoms with E-state index in [4.69, 9.17) is 0 Å². The van der Waals surface area contributed by atoms with Crippen molar-refractivity contribution in [2.45, 2.75) is 19.5 Å². The molecule has 0 unspecified atom stereocenters. The number of aliphatic imine (C=N–C) groups is 1. The Bertz CT molecular complexity index is 1000. The molecule has 5 nitrogen and oxygen atoms in total. The maximum atomic E-state index is 13.7. The van der Waals surface area contributed by atoms with Crippen molar-refractivity contribution in [1.29, 1.82) is 0 Å². The van der Waals surface area contributed by atoms with Crippen molar-refractivity contribution in [3.05, 3.63) is 82.8 Å². The summed E-state index contributed by atoms with van der Waals surface area (Å²) >= 11 is 0. The summed E-state index contributed by atoms with van der Waals surface area (Å²) in [5.41, 5.74) is 3.99. The topological polar surface area (TPSA) is 39.2 Å². The van der Waals surface area contributed by atoms with Crippen LogP contribution < -0.4 is 0 Å². The highest BCUT2D eigenvalue weighted by Gasteiger charge is 2.40. The molecule has 5 rings (SSSR count). The van der Waals surface area contributed by atoms with E-state index in [1.165, 1.54) is 17.7 Å². The van der Waals surface area contributed by atoms with Crippen LogP contribution in [-0.2, 0) is 17.9 Å². The van der Waals surface area contributed by atoms with E-state index in [2.05, 4.69) is 26.9 Å². The van der Waals surface area contributed by atoms with Gasteiger partial charge in [0.1, 0.15) is 5.82 Å². The minimum atomic E-state index is -0.288. The van der Waals surface area contributed by atoms with Crippen molar-refractivity contribution in [2.75, 3.05) is 26.2 Å². The molecule has 1 amide bonds. The molecule has 0 spiro atoms. The second-order valence-corrected chi connectivity index (χ2v) is 7.73. The molecule has 0 fully saturated rings. The number of hydrogen-bond acceptors (Lipinski definition) is 4. The highest BCUT2D eigenvalue weighted by molar-refractivity contribution is 6.09. The smallest absolute Gasteiger partial charge is 0.259 e. The molecule has 0 bridgehead atoms. The predicted molar refractivity (Wildman–Crippen MR) is 109 cm³/mol. The molecule has 0 saturated carbocycles. The highest BCUT2D eigenvalue weighted by atomic mass is 19.1. The summed E-state index contributed by atoms with van der Waals surface area (Å²) in [6.07, 6.45) is 0.848. The van der Waals surface area contributed by atoms with E-state index >= 15 is 0 Å². The first-order valence-corrected chi connectivity index (χ1v) is 10.1. The Kier molecular flexibility index (Phi) is 4.64. The van der Waals surface area contributed by atoms with Gasteiger partial charge in [-0.05, 0) is 23.3 Å². The fourth-order valence-electron chi connectivity index (χ4n) is 4.41. The predicted octanol–water partition coefficient (Wildman–Crippen LogP) is 3.00. The number of guanidine groups is 1. The van der Waals surface area contributed by atoms with Crippen molar-refractivity contribution in [2.24, 2.45) is 4.99 Å². The van der Waals surface area contributed by atoms with Crippen LogP contribution in [0.15, 0.2) is 70.9 Å². The monoisotopic (exact) mass is 390 g/mol. The summed E-state index contributed by atoms with van der Waals surface area (Å²) in [5, 5.41) is 0. The van der Waals surface area contributed by atoms with Crippen LogP contribution in [0.25, 0.3) is 0 Å². The van der Waals surface area contributed by atoms with Crippen LogP contribution in [0.3, 0.4) is 0 Å². The lowest BCUT2D eigenvalue weighted by atomic mass is 10.00. The molecule has 2 aromatic carbocycles. The first-order valence-electron chi connectivity index (χ1n) is 10.1. The number of carbonyl (C=O) groups is 1. The molecule has 0 aliphatic carbocycles. The molecule has 3 aliphatic rings. The summed E-state index contributed by atoms with van der Waals surface area (Å²) in [6, 6.07) is 16.8. The van der Waals surface area contributed by atoms with Crippen molar-refractivity contribution >= 4 is 11.9 Å². The third-order valence-corrected chi connectivity index (χ3v) is 5.76. The molecule has 3 heterocycles. The third kappa shape index (κ3) is 3.44. The lowest BCUT2D eigenvalue weighted by molar-refractivity contribution is -0.125. The van der Waals surface area contributed by atoms with Crippen LogP contribution in [-0.4, -0.2) is 52.7 Å². The van der Waals surface area contributed by atoms with Gasteiger partial charge < -0.3 is 4.90 Å². The van der Waals surface area contributed by atoms with Crippen LogP contribution >= 0.6 is 0 Å². The number of rotatable bonds is 4. The van der Waals surface area contributed by atoms with Crippen LogP contribution in [0.4, 0.5) is 4.39 Å². The number of amides is 1. The van der Waals surface area contributed by atoms with E-state index in [1.54, 1.807) is 11.0 Å². The number of halogens is 1. The molecule has 0 radical (unpaired) electrons. The van der Waals surface area contributed by atoms with Gasteiger partial charge in [0.25, 0.3) is 5.91 Å². The average molecular weight is 390 g/mol. The van der Waals surface area contributed by atoms with E-state index < -0.39 is 0 Å². The van der Waals surface area contributed by atoms with Crippen molar-refractivity contribution in [3.63, 3.8) is 0 Å². The zero-order valence-electron chi connectivity index (χ0n) is 16.2. The second kappa shape index (κ2) is 7.44. The van der Waals surface area contributed by atoms with Gasteiger partial charge in [0, 0.05) is 38.3 Å². The van der Waals surface area contributed by atoms with Gasteiger partial charge >= 0.3 is 0 Å². The summed E-state index contributed by atoms with van der Waals surface area (Å²) < 4.78 is 13.7. The second-order valence-electron chi connectivity index (χ2n) is 7.73. The third-order valence-electron chi connectivity index (χ3n) is 5.76. The number of benzene rings is 2. The summed E-state index contributed by atoms with van der Waals surface area (Å²) in [5.74, 6) is 0.428. The van der Waals surface area contributed by atoms with Gasteiger partial charge in [-0.3, -0.25) is 19.6 Å². The van der Waals surface area contributed by atoms with Crippen LogP contribution in [0.5, 0.6) is 0 Å². The van der Waals surface area contributed by atoms with Gasteiger partial charge in [0.05, 0.1) is 18.7 Å². The number of hydrogen-bond donors (Lipinski definition) is 0. The van der Waals surface area contributed by atoms with Gasteiger partial charge in [0.15, 0.2) is 0 Å². The van der Waals surface area contributed by atoms with Gasteiger partial charge in [-0.25, -0.2) is 4.39 Å². The SMILES string of the molecule is O=C1C2=C(CCN(Cc3ccccc3)C2)N2CCN=C2N1Cc1cccc(F)c1. The van der Waals surface area contributed by atoms with E-state index in [9.17, 15) is 9.18 Å². The Morgan fingerprint density at radius 3 is 2.62 bits per heavy atom. The number of carbonyl (C=O) groups excluding carboxylic acids is 1. The molecule has 0 atom stereocenters. The molecule has 6 heteroatoms. The maximum Gasteiger partial charge on any atom is 0.259 e. The molecule has 0 saturated heterocycles. The number of nitrogens with zero attached hydrogens (tertiary/aromatic N) is 4. The first kappa shape index (κ1) is 18.1. The Morgan fingerprint density at radius 2 is 1.79 bits per heavy atom. The highest BCUT2D eigenvalue weighted by Crippen LogP contribution is 2.32. The van der Waals surface area contributed by atoms with Crippen molar-refractivity contribution < 1.29 is 9.18 Å². The lowest BCUT2D eigenvalue weighted by Gasteiger charge is -2.42. The van der Waals surface area contributed by atoms with Gasteiger partial charge in [-0.2, -0.15) is 0 Å². The van der Waals surface area contributed by atoms with Crippen molar-refractivity contribution in [3.8, 4) is 0 Å².